The van der Waals surface area contributed by atoms with Crippen LogP contribution >= 0.6 is 0 Å². The van der Waals surface area contributed by atoms with Crippen molar-refractivity contribution < 1.29 is 9.53 Å². The van der Waals surface area contributed by atoms with E-state index in [0.717, 1.165) is 5.75 Å². The van der Waals surface area contributed by atoms with E-state index in [-0.39, 0.29) is 11.9 Å². The zero-order chi connectivity index (χ0) is 11.8. The summed E-state index contributed by atoms with van der Waals surface area (Å²) >= 11 is 0. The summed E-state index contributed by atoms with van der Waals surface area (Å²) in [7, 11) is 0. The molecule has 0 aromatic heterocycles. The summed E-state index contributed by atoms with van der Waals surface area (Å²) in [6.45, 7) is 2.70. The highest BCUT2D eigenvalue weighted by molar-refractivity contribution is 5.76. The summed E-state index contributed by atoms with van der Waals surface area (Å²) in [5.74, 6) is 0.746. The number of rotatable bonds is 6. The average molecular weight is 222 g/mol. The van der Waals surface area contributed by atoms with Crippen LogP contribution in [0.1, 0.15) is 13.3 Å². The van der Waals surface area contributed by atoms with Crippen LogP contribution in [0.4, 0.5) is 0 Å². The molecule has 0 radical (unpaired) electrons. The van der Waals surface area contributed by atoms with Crippen molar-refractivity contribution in [1.82, 2.24) is 5.32 Å². The Bertz CT molecular complexity index is 314. The fourth-order valence-corrected chi connectivity index (χ4v) is 1.18. The van der Waals surface area contributed by atoms with Crippen molar-refractivity contribution in [2.24, 2.45) is 5.73 Å². The third kappa shape index (κ3) is 4.79. The monoisotopic (exact) mass is 222 g/mol. The van der Waals surface area contributed by atoms with Crippen LogP contribution in [0.15, 0.2) is 30.3 Å². The van der Waals surface area contributed by atoms with E-state index in [0.29, 0.717) is 19.6 Å². The first-order valence-corrected chi connectivity index (χ1v) is 5.39. The molecule has 0 aliphatic carbocycles. The smallest absolute Gasteiger partial charge is 0.223 e. The molecule has 4 heteroatoms. The highest BCUT2D eigenvalue weighted by atomic mass is 16.5. The van der Waals surface area contributed by atoms with Crippen LogP contribution in [0, 0.1) is 0 Å². The van der Waals surface area contributed by atoms with E-state index < -0.39 is 0 Å². The van der Waals surface area contributed by atoms with Gasteiger partial charge in [-0.05, 0) is 19.1 Å². The number of hydrogen-bond acceptors (Lipinski definition) is 3. The molecule has 1 aromatic rings. The fourth-order valence-electron chi connectivity index (χ4n) is 1.18. The van der Waals surface area contributed by atoms with Gasteiger partial charge in [0, 0.05) is 12.6 Å². The number of ether oxygens (including phenoxy) is 1. The summed E-state index contributed by atoms with van der Waals surface area (Å²) in [6.07, 6.45) is 0.346. The lowest BCUT2D eigenvalue weighted by Gasteiger charge is -2.11. The normalized spacial score (nSPS) is 11.9. The molecule has 16 heavy (non-hydrogen) atoms. The lowest BCUT2D eigenvalue weighted by atomic mass is 10.3. The molecule has 4 nitrogen and oxygen atoms in total. The third-order valence-electron chi connectivity index (χ3n) is 2.10. The summed E-state index contributed by atoms with van der Waals surface area (Å²) in [5.41, 5.74) is 5.39. The van der Waals surface area contributed by atoms with Crippen LogP contribution < -0.4 is 15.8 Å². The molecule has 0 bridgehead atoms. The Morgan fingerprint density at radius 3 is 2.75 bits per heavy atom. The van der Waals surface area contributed by atoms with E-state index in [4.69, 9.17) is 10.5 Å². The van der Waals surface area contributed by atoms with Crippen LogP contribution in [-0.4, -0.2) is 25.1 Å². The minimum absolute atomic E-state index is 0.0178. The fraction of sp³-hybridized carbons (Fsp3) is 0.417. The van der Waals surface area contributed by atoms with Gasteiger partial charge in [-0.3, -0.25) is 4.79 Å². The van der Waals surface area contributed by atoms with E-state index in [1.54, 1.807) is 0 Å². The van der Waals surface area contributed by atoms with Gasteiger partial charge < -0.3 is 15.8 Å². The van der Waals surface area contributed by atoms with E-state index >= 15 is 0 Å². The molecule has 0 spiro atoms. The second-order valence-electron chi connectivity index (χ2n) is 3.62. The lowest BCUT2D eigenvalue weighted by Crippen LogP contribution is -2.38. The Hall–Kier alpha value is -1.55. The van der Waals surface area contributed by atoms with Gasteiger partial charge in [0.1, 0.15) is 5.75 Å². The molecule has 0 saturated heterocycles. The second kappa shape index (κ2) is 6.85. The molecule has 1 amide bonds. The molecule has 3 N–H and O–H groups in total. The van der Waals surface area contributed by atoms with Gasteiger partial charge in [0.2, 0.25) is 5.91 Å². The molecule has 0 heterocycles. The van der Waals surface area contributed by atoms with Crippen LogP contribution in [0.5, 0.6) is 5.75 Å². The van der Waals surface area contributed by atoms with Gasteiger partial charge in [-0.15, -0.1) is 0 Å². The second-order valence-corrected chi connectivity index (χ2v) is 3.62. The van der Waals surface area contributed by atoms with E-state index in [2.05, 4.69) is 5.32 Å². The van der Waals surface area contributed by atoms with Gasteiger partial charge >= 0.3 is 0 Å². The van der Waals surface area contributed by atoms with Crippen LogP contribution in [-0.2, 0) is 4.79 Å². The molecule has 1 rings (SSSR count). The van der Waals surface area contributed by atoms with Gasteiger partial charge in [-0.25, -0.2) is 0 Å². The van der Waals surface area contributed by atoms with E-state index in [1.807, 2.05) is 37.3 Å². The lowest BCUT2D eigenvalue weighted by molar-refractivity contribution is -0.122. The minimum Gasteiger partial charge on any atom is -0.493 e. The highest BCUT2D eigenvalue weighted by Gasteiger charge is 2.05. The van der Waals surface area contributed by atoms with Gasteiger partial charge in [0.15, 0.2) is 0 Å². The van der Waals surface area contributed by atoms with Crippen LogP contribution in [0.2, 0.25) is 0 Å². The summed E-state index contributed by atoms with van der Waals surface area (Å²) < 4.78 is 5.40. The summed E-state index contributed by atoms with van der Waals surface area (Å²) in [5, 5.41) is 2.77. The maximum atomic E-state index is 11.4. The molecule has 1 aromatic carbocycles. The van der Waals surface area contributed by atoms with Gasteiger partial charge in [-0.1, -0.05) is 18.2 Å². The first-order chi connectivity index (χ1) is 7.72. The van der Waals surface area contributed by atoms with Crippen molar-refractivity contribution in [3.05, 3.63) is 30.3 Å². The predicted molar refractivity (Wildman–Crippen MR) is 63.2 cm³/mol. The number of amides is 1. The number of hydrogen-bond donors (Lipinski definition) is 2. The molecular formula is C12H18N2O2. The van der Waals surface area contributed by atoms with Gasteiger partial charge in [-0.2, -0.15) is 0 Å². The Labute approximate surface area is 95.8 Å². The predicted octanol–water partition coefficient (Wildman–Crippen LogP) is 0.919. The maximum Gasteiger partial charge on any atom is 0.223 e. The van der Waals surface area contributed by atoms with Crippen molar-refractivity contribution in [2.75, 3.05) is 13.2 Å². The Balaban J connectivity index is 2.18. The first kappa shape index (κ1) is 12.5. The Kier molecular flexibility index (Phi) is 5.36. The molecule has 0 aliphatic heterocycles. The molecule has 0 saturated carbocycles. The number of nitrogens with two attached hydrogens (primary N) is 1. The largest absolute Gasteiger partial charge is 0.493 e. The summed E-state index contributed by atoms with van der Waals surface area (Å²) in [4.78, 5) is 11.4. The molecule has 0 aliphatic rings. The number of para-hydroxylation sites is 1. The minimum atomic E-state index is -0.0334. The van der Waals surface area contributed by atoms with Crippen molar-refractivity contribution in [2.45, 2.75) is 19.4 Å². The van der Waals surface area contributed by atoms with Crippen LogP contribution in [0.25, 0.3) is 0 Å². The number of nitrogens with one attached hydrogen (secondary N) is 1. The SMILES string of the molecule is C[C@H](CN)NC(=O)CCOc1ccccc1. The average Bonchev–Trinajstić information content (AvgIpc) is 2.30. The molecular weight excluding hydrogens is 204 g/mol. The number of benzene rings is 1. The first-order valence-electron chi connectivity index (χ1n) is 5.39. The number of carbonyl (C=O) groups is 1. The third-order valence-corrected chi connectivity index (χ3v) is 2.10. The van der Waals surface area contributed by atoms with Crippen LogP contribution in [0.3, 0.4) is 0 Å². The van der Waals surface area contributed by atoms with Crippen molar-refractivity contribution in [3.63, 3.8) is 0 Å². The topological polar surface area (TPSA) is 64.3 Å². The Morgan fingerprint density at radius 2 is 2.12 bits per heavy atom. The quantitative estimate of drug-likeness (QED) is 0.752. The van der Waals surface area contributed by atoms with E-state index in [9.17, 15) is 4.79 Å². The van der Waals surface area contributed by atoms with Crippen molar-refractivity contribution in [1.29, 1.82) is 0 Å². The van der Waals surface area contributed by atoms with Crippen molar-refractivity contribution in [3.8, 4) is 5.75 Å². The van der Waals surface area contributed by atoms with E-state index in [1.165, 1.54) is 0 Å². The maximum absolute atomic E-state index is 11.4. The number of carbonyl (C=O) groups excluding carboxylic acids is 1. The Morgan fingerprint density at radius 1 is 1.44 bits per heavy atom. The molecule has 0 unspecified atom stereocenters. The van der Waals surface area contributed by atoms with Crippen molar-refractivity contribution >= 4 is 5.91 Å². The molecule has 88 valence electrons. The molecule has 0 fully saturated rings. The zero-order valence-electron chi connectivity index (χ0n) is 9.48. The highest BCUT2D eigenvalue weighted by Crippen LogP contribution is 2.08. The zero-order valence-corrected chi connectivity index (χ0v) is 9.48. The standard InChI is InChI=1S/C12H18N2O2/c1-10(9-13)14-12(15)7-8-16-11-5-3-2-4-6-11/h2-6,10H,7-9,13H2,1H3,(H,14,15)/t10-/m1/s1. The molecule has 1 atom stereocenters. The summed E-state index contributed by atoms with van der Waals surface area (Å²) in [6, 6.07) is 9.45. The van der Waals surface area contributed by atoms with Gasteiger partial charge in [0.05, 0.1) is 13.0 Å². The van der Waals surface area contributed by atoms with Gasteiger partial charge in [0.25, 0.3) is 0 Å².